The lowest BCUT2D eigenvalue weighted by Gasteiger charge is -2.37. The topological polar surface area (TPSA) is 35.5 Å². The molecular formula is C13H20O3S2. The Balaban J connectivity index is 1.62. The number of hydrogen-bond acceptors (Lipinski definition) is 5. The molecule has 0 bridgehead atoms. The third-order valence-corrected chi connectivity index (χ3v) is 6.87. The van der Waals surface area contributed by atoms with Crippen LogP contribution in [-0.4, -0.2) is 53.7 Å². The molecule has 3 rings (SSSR count). The van der Waals surface area contributed by atoms with Crippen LogP contribution in [-0.2, 0) is 14.3 Å². The summed E-state index contributed by atoms with van der Waals surface area (Å²) in [5.74, 6) is 4.00. The molecule has 3 aliphatic rings. The van der Waals surface area contributed by atoms with E-state index in [1.165, 1.54) is 5.75 Å². The number of rotatable bonds is 2. The van der Waals surface area contributed by atoms with E-state index >= 15 is 0 Å². The van der Waals surface area contributed by atoms with Gasteiger partial charge in [-0.25, -0.2) is 0 Å². The fourth-order valence-electron chi connectivity index (χ4n) is 3.05. The highest BCUT2D eigenvalue weighted by Crippen LogP contribution is 2.38. The van der Waals surface area contributed by atoms with Crippen LogP contribution in [0.3, 0.4) is 0 Å². The molecule has 0 radical (unpaired) electrons. The van der Waals surface area contributed by atoms with Gasteiger partial charge in [-0.3, -0.25) is 4.79 Å². The third-order valence-electron chi connectivity index (χ3n) is 4.10. The Bertz CT molecular complexity index is 309. The van der Waals surface area contributed by atoms with Crippen molar-refractivity contribution in [1.82, 2.24) is 0 Å². The van der Waals surface area contributed by atoms with Gasteiger partial charge in [0.1, 0.15) is 5.78 Å². The van der Waals surface area contributed by atoms with Crippen molar-refractivity contribution < 1.29 is 14.3 Å². The molecule has 3 fully saturated rings. The SMILES string of the molecule is O=C(C1CCOC2(CCOC2)C1)C1CSCCS1. The summed E-state index contributed by atoms with van der Waals surface area (Å²) in [7, 11) is 0. The number of hydrogen-bond donors (Lipinski definition) is 0. The lowest BCUT2D eigenvalue weighted by atomic mass is 9.82. The first-order valence-electron chi connectivity index (χ1n) is 6.74. The maximum absolute atomic E-state index is 12.6. The molecule has 102 valence electrons. The van der Waals surface area contributed by atoms with E-state index in [1.807, 2.05) is 23.5 Å². The van der Waals surface area contributed by atoms with E-state index in [-0.39, 0.29) is 16.8 Å². The number of thioether (sulfide) groups is 2. The fourth-order valence-corrected chi connectivity index (χ4v) is 5.76. The molecule has 0 aromatic carbocycles. The Morgan fingerprint density at radius 2 is 2.22 bits per heavy atom. The van der Waals surface area contributed by atoms with E-state index in [0.717, 1.165) is 44.0 Å². The average Bonchev–Trinajstić information content (AvgIpc) is 2.87. The first-order valence-corrected chi connectivity index (χ1v) is 8.94. The predicted octanol–water partition coefficient (Wildman–Crippen LogP) is 1.99. The second kappa shape index (κ2) is 5.73. The van der Waals surface area contributed by atoms with Crippen molar-refractivity contribution >= 4 is 29.3 Å². The monoisotopic (exact) mass is 288 g/mol. The van der Waals surface area contributed by atoms with Crippen molar-refractivity contribution in [2.75, 3.05) is 37.1 Å². The average molecular weight is 288 g/mol. The van der Waals surface area contributed by atoms with Gasteiger partial charge in [0.15, 0.2) is 0 Å². The summed E-state index contributed by atoms with van der Waals surface area (Å²) in [4.78, 5) is 12.6. The van der Waals surface area contributed by atoms with Crippen LogP contribution < -0.4 is 0 Å². The Morgan fingerprint density at radius 1 is 1.28 bits per heavy atom. The zero-order valence-electron chi connectivity index (χ0n) is 10.6. The minimum absolute atomic E-state index is 0.134. The van der Waals surface area contributed by atoms with Crippen molar-refractivity contribution in [3.63, 3.8) is 0 Å². The van der Waals surface area contributed by atoms with Crippen LogP contribution in [0, 0.1) is 5.92 Å². The molecule has 18 heavy (non-hydrogen) atoms. The molecule has 3 atom stereocenters. The van der Waals surface area contributed by atoms with E-state index in [4.69, 9.17) is 9.47 Å². The normalized spacial score (nSPS) is 41.1. The molecule has 3 saturated heterocycles. The Hall–Kier alpha value is 0.290. The summed E-state index contributed by atoms with van der Waals surface area (Å²) in [6.07, 6.45) is 2.75. The lowest BCUT2D eigenvalue weighted by Crippen LogP contribution is -2.44. The van der Waals surface area contributed by atoms with Crippen LogP contribution in [0.15, 0.2) is 0 Å². The second-order valence-corrected chi connectivity index (χ2v) is 7.82. The summed E-state index contributed by atoms with van der Waals surface area (Å²) in [5.41, 5.74) is -0.134. The van der Waals surface area contributed by atoms with E-state index in [1.54, 1.807) is 0 Å². The summed E-state index contributed by atoms with van der Waals surface area (Å²) >= 11 is 3.77. The van der Waals surface area contributed by atoms with Gasteiger partial charge in [-0.2, -0.15) is 11.8 Å². The molecule has 0 aromatic heterocycles. The summed E-state index contributed by atoms with van der Waals surface area (Å²) in [6.45, 7) is 2.20. The van der Waals surface area contributed by atoms with Crippen LogP contribution in [0.25, 0.3) is 0 Å². The van der Waals surface area contributed by atoms with Gasteiger partial charge in [0, 0.05) is 42.8 Å². The van der Waals surface area contributed by atoms with Gasteiger partial charge in [-0.15, -0.1) is 11.8 Å². The smallest absolute Gasteiger partial charge is 0.149 e. The van der Waals surface area contributed by atoms with Crippen molar-refractivity contribution in [3.8, 4) is 0 Å². The molecule has 0 amide bonds. The molecule has 3 nitrogen and oxygen atoms in total. The van der Waals surface area contributed by atoms with Crippen LogP contribution in [0.2, 0.25) is 0 Å². The summed E-state index contributed by atoms with van der Waals surface area (Å²) < 4.78 is 11.4. The zero-order valence-corrected chi connectivity index (χ0v) is 12.2. The zero-order chi connectivity index (χ0) is 12.4. The second-order valence-electron chi connectivity index (χ2n) is 5.36. The highest BCUT2D eigenvalue weighted by atomic mass is 32.2. The van der Waals surface area contributed by atoms with Crippen LogP contribution in [0.1, 0.15) is 19.3 Å². The minimum atomic E-state index is -0.134. The molecule has 5 heteroatoms. The van der Waals surface area contributed by atoms with Crippen LogP contribution in [0.4, 0.5) is 0 Å². The van der Waals surface area contributed by atoms with Crippen molar-refractivity contribution in [3.05, 3.63) is 0 Å². The molecule has 3 aliphatic heterocycles. The first-order chi connectivity index (χ1) is 8.79. The Labute approximate surface area is 117 Å². The van der Waals surface area contributed by atoms with E-state index in [0.29, 0.717) is 12.4 Å². The highest BCUT2D eigenvalue weighted by Gasteiger charge is 2.44. The van der Waals surface area contributed by atoms with Crippen LogP contribution >= 0.6 is 23.5 Å². The van der Waals surface area contributed by atoms with Crippen molar-refractivity contribution in [2.45, 2.75) is 30.1 Å². The number of Topliss-reactive ketones (excluding diaryl/α,β-unsaturated/α-hetero) is 1. The largest absolute Gasteiger partial charge is 0.378 e. The molecule has 0 saturated carbocycles. The maximum Gasteiger partial charge on any atom is 0.149 e. The number of ketones is 1. The molecule has 3 heterocycles. The molecular weight excluding hydrogens is 268 g/mol. The van der Waals surface area contributed by atoms with Gasteiger partial charge < -0.3 is 9.47 Å². The quantitative estimate of drug-likeness (QED) is 0.776. The first kappa shape index (κ1) is 13.3. The maximum atomic E-state index is 12.6. The standard InChI is InChI=1S/C13H20O3S2/c14-12(11-8-17-5-6-18-11)10-1-3-16-13(7-10)2-4-15-9-13/h10-11H,1-9H2. The molecule has 1 spiro atoms. The number of carbonyl (C=O) groups is 1. The molecule has 0 aromatic rings. The predicted molar refractivity (Wildman–Crippen MR) is 75.4 cm³/mol. The fraction of sp³-hybridized carbons (Fsp3) is 0.923. The van der Waals surface area contributed by atoms with Gasteiger partial charge >= 0.3 is 0 Å². The van der Waals surface area contributed by atoms with E-state index in [9.17, 15) is 4.79 Å². The third kappa shape index (κ3) is 2.74. The van der Waals surface area contributed by atoms with E-state index in [2.05, 4.69) is 0 Å². The minimum Gasteiger partial charge on any atom is -0.378 e. The number of carbonyl (C=O) groups excluding carboxylic acids is 1. The van der Waals surface area contributed by atoms with Gasteiger partial charge in [-0.1, -0.05) is 0 Å². The number of ether oxygens (including phenoxy) is 2. The van der Waals surface area contributed by atoms with Gasteiger partial charge in [0.25, 0.3) is 0 Å². The Morgan fingerprint density at radius 3 is 2.94 bits per heavy atom. The molecule has 3 unspecified atom stereocenters. The van der Waals surface area contributed by atoms with Gasteiger partial charge in [-0.05, 0) is 12.8 Å². The summed E-state index contributed by atoms with van der Waals surface area (Å²) in [5, 5.41) is 0.228. The molecule has 0 aliphatic carbocycles. The van der Waals surface area contributed by atoms with Gasteiger partial charge in [0.05, 0.1) is 17.5 Å². The highest BCUT2D eigenvalue weighted by molar-refractivity contribution is 8.07. The van der Waals surface area contributed by atoms with Gasteiger partial charge in [0.2, 0.25) is 0 Å². The molecule has 0 N–H and O–H groups in total. The van der Waals surface area contributed by atoms with E-state index < -0.39 is 0 Å². The van der Waals surface area contributed by atoms with Crippen molar-refractivity contribution in [2.24, 2.45) is 5.92 Å². The summed E-state index contributed by atoms with van der Waals surface area (Å²) in [6, 6.07) is 0. The van der Waals surface area contributed by atoms with Crippen LogP contribution in [0.5, 0.6) is 0 Å². The van der Waals surface area contributed by atoms with Crippen molar-refractivity contribution in [1.29, 1.82) is 0 Å². The Kier molecular flexibility index (Phi) is 4.23. The lowest BCUT2D eigenvalue weighted by molar-refractivity contribution is -0.136.